The minimum Gasteiger partial charge on any atom is -0.364 e. The van der Waals surface area contributed by atoms with Crippen molar-refractivity contribution in [2.45, 2.75) is 0 Å². The highest BCUT2D eigenvalue weighted by Crippen LogP contribution is 1.98. The smallest absolute Gasteiger partial charge is 0.342 e. The van der Waals surface area contributed by atoms with Crippen LogP contribution in [0.4, 0.5) is 0 Å². The largest absolute Gasteiger partial charge is 0.364 e. The Bertz CT molecular complexity index is 340. The number of carbonyl (C=O) groups is 1. The van der Waals surface area contributed by atoms with Crippen LogP contribution in [0.25, 0.3) is 0 Å². The molecule has 0 saturated carbocycles. The molecule has 1 aliphatic heterocycles. The van der Waals surface area contributed by atoms with Gasteiger partial charge in [-0.15, -0.1) is 0 Å². The van der Waals surface area contributed by atoms with Crippen LogP contribution in [0.5, 0.6) is 0 Å². The van der Waals surface area contributed by atoms with Crippen molar-refractivity contribution in [1.29, 1.82) is 0 Å². The molecule has 7 heteroatoms. The fraction of sp³-hybridized carbons (Fsp3) is 0. The summed E-state index contributed by atoms with van der Waals surface area (Å²) in [7, 11) is -3.73. The topological polar surface area (TPSA) is 102 Å². The number of nitrogens with two attached hydrogens (primary N) is 1. The summed E-state index contributed by atoms with van der Waals surface area (Å²) in [5.74, 6) is -0.834. The molecule has 0 aromatic rings. The monoisotopic (exact) mass is 175 g/mol. The van der Waals surface area contributed by atoms with Crippen molar-refractivity contribution in [3.05, 3.63) is 11.8 Å². The normalized spacial score (nSPS) is 20.2. The highest BCUT2D eigenvalue weighted by Gasteiger charge is 2.15. The zero-order valence-corrected chi connectivity index (χ0v) is 6.13. The lowest BCUT2D eigenvalue weighted by atomic mass is 10.4. The minimum absolute atomic E-state index is 0.181. The summed E-state index contributed by atoms with van der Waals surface area (Å²) < 4.78 is 26.1. The number of allylic oxidation sites excluding steroid dienone is 1. The number of amides is 1. The quantitative estimate of drug-likeness (QED) is 0.495. The second kappa shape index (κ2) is 2.35. The van der Waals surface area contributed by atoms with Gasteiger partial charge in [0.05, 0.1) is 0 Å². The Morgan fingerprint density at radius 3 is 2.64 bits per heavy atom. The highest BCUT2D eigenvalue weighted by molar-refractivity contribution is 7.88. The van der Waals surface area contributed by atoms with E-state index in [0.717, 1.165) is 6.21 Å². The highest BCUT2D eigenvalue weighted by atomic mass is 32.2. The first-order valence-corrected chi connectivity index (χ1v) is 4.03. The van der Waals surface area contributed by atoms with E-state index in [4.69, 9.17) is 5.73 Å². The number of nitrogens with one attached hydrogen (secondary N) is 1. The Morgan fingerprint density at radius 1 is 1.64 bits per heavy atom. The van der Waals surface area contributed by atoms with Crippen molar-refractivity contribution in [1.82, 2.24) is 4.72 Å². The molecule has 0 radical (unpaired) electrons. The average molecular weight is 175 g/mol. The van der Waals surface area contributed by atoms with Gasteiger partial charge in [0.1, 0.15) is 5.70 Å². The van der Waals surface area contributed by atoms with E-state index in [9.17, 15) is 13.2 Å². The fourth-order valence-electron chi connectivity index (χ4n) is 0.517. The van der Waals surface area contributed by atoms with Crippen molar-refractivity contribution in [2.75, 3.05) is 0 Å². The summed E-state index contributed by atoms with van der Waals surface area (Å²) in [6, 6.07) is 0. The Kier molecular flexibility index (Phi) is 1.65. The summed E-state index contributed by atoms with van der Waals surface area (Å²) in [6.07, 6.45) is 2.18. The molecule has 3 N–H and O–H groups in total. The van der Waals surface area contributed by atoms with Crippen LogP contribution in [0, 0.1) is 0 Å². The van der Waals surface area contributed by atoms with E-state index in [1.807, 2.05) is 4.72 Å². The number of primary amides is 1. The Labute approximate surface area is 63.0 Å². The first-order valence-electron chi connectivity index (χ1n) is 2.59. The van der Waals surface area contributed by atoms with Crippen molar-refractivity contribution >= 4 is 22.3 Å². The van der Waals surface area contributed by atoms with Crippen LogP contribution in [-0.2, 0) is 15.0 Å². The van der Waals surface area contributed by atoms with E-state index in [1.165, 1.54) is 6.08 Å². The number of nitrogens with zero attached hydrogens (tertiary/aromatic N) is 1. The third-order valence-corrected chi connectivity index (χ3v) is 1.82. The maximum absolute atomic E-state index is 10.6. The van der Waals surface area contributed by atoms with E-state index < -0.39 is 16.1 Å². The maximum atomic E-state index is 10.6. The Balaban J connectivity index is 2.99. The number of rotatable bonds is 1. The van der Waals surface area contributed by atoms with Gasteiger partial charge in [-0.05, 0) is 6.08 Å². The molecule has 60 valence electrons. The molecule has 0 aromatic heterocycles. The molecule has 11 heavy (non-hydrogen) atoms. The summed E-state index contributed by atoms with van der Waals surface area (Å²) >= 11 is 0. The van der Waals surface area contributed by atoms with E-state index in [2.05, 4.69) is 4.40 Å². The lowest BCUT2D eigenvalue weighted by molar-refractivity contribution is -0.114. The third kappa shape index (κ3) is 1.77. The van der Waals surface area contributed by atoms with Crippen LogP contribution >= 0.6 is 0 Å². The zero-order valence-electron chi connectivity index (χ0n) is 5.31. The molecule has 0 spiro atoms. The molecule has 0 aromatic carbocycles. The van der Waals surface area contributed by atoms with Gasteiger partial charge in [-0.2, -0.15) is 12.8 Å². The predicted molar refractivity (Wildman–Crippen MR) is 37.8 cm³/mol. The van der Waals surface area contributed by atoms with Gasteiger partial charge in [-0.1, -0.05) is 0 Å². The van der Waals surface area contributed by atoms with Crippen LogP contribution in [0.3, 0.4) is 0 Å². The van der Waals surface area contributed by atoms with Crippen molar-refractivity contribution < 1.29 is 13.2 Å². The van der Waals surface area contributed by atoms with Crippen LogP contribution in [-0.4, -0.2) is 20.5 Å². The molecule has 0 saturated heterocycles. The molecular formula is C4H5N3O3S. The van der Waals surface area contributed by atoms with E-state index in [-0.39, 0.29) is 5.70 Å². The molecule has 6 nitrogen and oxygen atoms in total. The molecule has 0 aliphatic carbocycles. The Hall–Kier alpha value is -1.37. The van der Waals surface area contributed by atoms with Gasteiger partial charge in [0.2, 0.25) is 0 Å². The van der Waals surface area contributed by atoms with Gasteiger partial charge in [0.25, 0.3) is 5.91 Å². The Morgan fingerprint density at radius 2 is 2.27 bits per heavy atom. The van der Waals surface area contributed by atoms with Gasteiger partial charge >= 0.3 is 10.2 Å². The minimum atomic E-state index is -3.73. The standard InChI is InChI=1S/C4H5N3O3S/c5-4(8)3-1-2-6-11(9,10)7-3/h1-2,7H,(H2,5,8). The van der Waals surface area contributed by atoms with Crippen LogP contribution in [0.2, 0.25) is 0 Å². The molecule has 0 fully saturated rings. The van der Waals surface area contributed by atoms with Crippen molar-refractivity contribution in [3.63, 3.8) is 0 Å². The van der Waals surface area contributed by atoms with Gasteiger partial charge in [-0.3, -0.25) is 9.52 Å². The molecule has 1 amide bonds. The van der Waals surface area contributed by atoms with Crippen molar-refractivity contribution in [3.8, 4) is 0 Å². The summed E-state index contributed by atoms with van der Waals surface area (Å²) in [6.45, 7) is 0. The zero-order chi connectivity index (χ0) is 8.48. The van der Waals surface area contributed by atoms with E-state index >= 15 is 0 Å². The molecule has 1 rings (SSSR count). The molecule has 0 unspecified atom stereocenters. The second-order valence-electron chi connectivity index (χ2n) is 1.78. The van der Waals surface area contributed by atoms with E-state index in [1.54, 1.807) is 0 Å². The molecule has 0 bridgehead atoms. The fourth-order valence-corrected chi connectivity index (χ4v) is 1.24. The van der Waals surface area contributed by atoms with Crippen molar-refractivity contribution in [2.24, 2.45) is 10.1 Å². The summed E-state index contributed by atoms with van der Waals surface area (Å²) in [5, 5.41) is 0. The first kappa shape index (κ1) is 7.73. The van der Waals surface area contributed by atoms with Crippen LogP contribution in [0.1, 0.15) is 0 Å². The number of hydrogen-bond donors (Lipinski definition) is 2. The summed E-state index contributed by atoms with van der Waals surface area (Å²) in [5.41, 5.74) is 4.61. The molecule has 1 heterocycles. The number of hydrogen-bond acceptors (Lipinski definition) is 3. The van der Waals surface area contributed by atoms with Crippen LogP contribution < -0.4 is 10.5 Å². The summed E-state index contributed by atoms with van der Waals surface area (Å²) in [4.78, 5) is 10.4. The van der Waals surface area contributed by atoms with E-state index in [0.29, 0.717) is 0 Å². The predicted octanol–water partition coefficient (Wildman–Crippen LogP) is -1.73. The van der Waals surface area contributed by atoms with Gasteiger partial charge in [0, 0.05) is 6.21 Å². The first-order chi connectivity index (χ1) is 5.01. The van der Waals surface area contributed by atoms with Crippen LogP contribution in [0.15, 0.2) is 16.2 Å². The van der Waals surface area contributed by atoms with Gasteiger partial charge in [-0.25, -0.2) is 0 Å². The molecular weight excluding hydrogens is 170 g/mol. The lowest BCUT2D eigenvalue weighted by Gasteiger charge is -2.06. The average Bonchev–Trinajstić information content (AvgIpc) is 1.85. The molecule has 0 atom stereocenters. The number of carbonyl (C=O) groups excluding carboxylic acids is 1. The van der Waals surface area contributed by atoms with Gasteiger partial charge < -0.3 is 5.73 Å². The SMILES string of the molecule is NC(=O)C1=CC=NS(=O)(=O)N1. The molecule has 1 aliphatic rings. The maximum Gasteiger partial charge on any atom is 0.342 e. The second-order valence-corrected chi connectivity index (χ2v) is 3.14. The lowest BCUT2D eigenvalue weighted by Crippen LogP contribution is -2.32. The van der Waals surface area contributed by atoms with Gasteiger partial charge in [0.15, 0.2) is 0 Å². The third-order valence-electron chi connectivity index (χ3n) is 0.945.